The predicted octanol–water partition coefficient (Wildman–Crippen LogP) is 4.07. The number of hydrogen-bond acceptors (Lipinski definition) is 5. The van der Waals surface area contributed by atoms with Crippen LogP contribution in [0.1, 0.15) is 57.9 Å². The van der Waals surface area contributed by atoms with Crippen LogP contribution in [0.5, 0.6) is 5.75 Å². The normalized spacial score (nSPS) is 27.4. The zero-order valence-corrected chi connectivity index (χ0v) is 19.6. The number of hydrogen-bond donors (Lipinski definition) is 2. The van der Waals surface area contributed by atoms with E-state index in [4.69, 9.17) is 4.74 Å². The van der Waals surface area contributed by atoms with Gasteiger partial charge in [0.15, 0.2) is 0 Å². The second kappa shape index (κ2) is 10.2. The summed E-state index contributed by atoms with van der Waals surface area (Å²) in [6.07, 6.45) is 6.62. The van der Waals surface area contributed by atoms with Gasteiger partial charge >= 0.3 is 0 Å². The maximum absolute atomic E-state index is 13.1. The van der Waals surface area contributed by atoms with Gasteiger partial charge in [-0.1, -0.05) is 50.1 Å². The Morgan fingerprint density at radius 3 is 2.61 bits per heavy atom. The van der Waals surface area contributed by atoms with E-state index >= 15 is 0 Å². The van der Waals surface area contributed by atoms with Crippen LogP contribution in [0.3, 0.4) is 0 Å². The quantitative estimate of drug-likeness (QED) is 0.435. The molecule has 2 heterocycles. The van der Waals surface area contributed by atoms with Crippen LogP contribution in [0.15, 0.2) is 41.0 Å². The van der Waals surface area contributed by atoms with Crippen molar-refractivity contribution in [2.24, 2.45) is 17.8 Å². The van der Waals surface area contributed by atoms with Crippen LogP contribution in [0.2, 0.25) is 0 Å². The van der Waals surface area contributed by atoms with Gasteiger partial charge in [-0.15, -0.1) is 0 Å². The Morgan fingerprint density at radius 2 is 1.91 bits per heavy atom. The molecule has 0 saturated carbocycles. The molecule has 0 spiro atoms. The number of rotatable bonds is 9. The molecule has 2 aliphatic heterocycles. The molecular formula is C27H35NO5. The number of ether oxygens (including phenoxy) is 1. The van der Waals surface area contributed by atoms with E-state index in [1.807, 2.05) is 25.1 Å². The maximum Gasteiger partial charge on any atom is 0.233 e. The molecule has 33 heavy (non-hydrogen) atoms. The third-order valence-electron chi connectivity index (χ3n) is 7.33. The van der Waals surface area contributed by atoms with Crippen molar-refractivity contribution in [3.8, 4) is 5.75 Å². The van der Waals surface area contributed by atoms with Crippen LogP contribution < -0.4 is 0 Å². The Kier molecular flexibility index (Phi) is 7.35. The number of amides is 2. The molecule has 1 aliphatic carbocycles. The first-order valence-corrected chi connectivity index (χ1v) is 12.3. The van der Waals surface area contributed by atoms with Crippen molar-refractivity contribution in [2.45, 2.75) is 58.5 Å². The molecule has 2 amide bonds. The average molecular weight is 454 g/mol. The molecule has 3 aliphatic rings. The summed E-state index contributed by atoms with van der Waals surface area (Å²) in [5.41, 5.74) is 3.99. The van der Waals surface area contributed by atoms with Crippen LogP contribution in [-0.2, 0) is 14.3 Å². The minimum atomic E-state index is -0.362. The van der Waals surface area contributed by atoms with Crippen molar-refractivity contribution in [1.82, 2.24) is 4.90 Å². The molecule has 0 radical (unpaired) electrons. The van der Waals surface area contributed by atoms with Crippen molar-refractivity contribution in [3.63, 3.8) is 0 Å². The largest absolute Gasteiger partial charge is 0.507 e. The number of phenols is 1. The lowest BCUT2D eigenvalue weighted by atomic mass is 9.69. The number of aliphatic hydroxyl groups excluding tert-OH is 1. The van der Waals surface area contributed by atoms with E-state index in [0.29, 0.717) is 19.6 Å². The number of phenolic OH excluding ortho intramolecular Hbond substituents is 1. The van der Waals surface area contributed by atoms with E-state index in [-0.39, 0.29) is 48.0 Å². The van der Waals surface area contributed by atoms with Crippen molar-refractivity contribution in [3.05, 3.63) is 46.5 Å². The first-order valence-electron chi connectivity index (χ1n) is 12.3. The van der Waals surface area contributed by atoms with Gasteiger partial charge in [0.2, 0.25) is 11.8 Å². The standard InChI is InChI=1S/C27H35NO5/c1-3-7-17(13-18-8-5-6-9-22(18)30)10-11-23-24-19(15-29)14-20-25(21(24)16-33-23)27(32)28(12-4-2)26(20)31/h5-6,8-9,13,20-21,23,25,29-30H,3-4,7,10-12,14-16H2,1-2H3/b17-13+/t20-,21+,23-,25-/m1/s1. The molecule has 6 heteroatoms. The van der Waals surface area contributed by atoms with Gasteiger partial charge in [-0.25, -0.2) is 0 Å². The third-order valence-corrected chi connectivity index (χ3v) is 7.33. The Hall–Kier alpha value is -2.44. The number of likely N-dealkylation sites (tertiary alicyclic amines) is 1. The Bertz CT molecular complexity index is 965. The van der Waals surface area contributed by atoms with Gasteiger partial charge in [-0.2, -0.15) is 0 Å². The lowest BCUT2D eigenvalue weighted by Gasteiger charge is -2.31. The SMILES string of the molecule is CCC/C(=C\c1ccccc1O)CC[C@H]1OC[C@H]2C1=C(CO)C[C@H]1C(=O)N(CCC)C(=O)[C@H]12. The van der Waals surface area contributed by atoms with E-state index in [2.05, 4.69) is 13.0 Å². The summed E-state index contributed by atoms with van der Waals surface area (Å²) >= 11 is 0. The number of aliphatic hydroxyl groups is 1. The monoisotopic (exact) mass is 453 g/mol. The average Bonchev–Trinajstić information content (AvgIpc) is 3.33. The first-order chi connectivity index (χ1) is 16.0. The summed E-state index contributed by atoms with van der Waals surface area (Å²) in [4.78, 5) is 27.4. The van der Waals surface area contributed by atoms with Crippen LogP contribution in [0, 0.1) is 17.8 Å². The van der Waals surface area contributed by atoms with Gasteiger partial charge in [0, 0.05) is 18.0 Å². The molecular weight excluding hydrogens is 418 g/mol. The van der Waals surface area contributed by atoms with Gasteiger partial charge in [0.25, 0.3) is 0 Å². The van der Waals surface area contributed by atoms with Gasteiger partial charge in [-0.3, -0.25) is 14.5 Å². The second-order valence-corrected chi connectivity index (χ2v) is 9.46. The van der Waals surface area contributed by atoms with E-state index in [0.717, 1.165) is 48.8 Å². The molecule has 178 valence electrons. The topological polar surface area (TPSA) is 87.1 Å². The molecule has 2 fully saturated rings. The van der Waals surface area contributed by atoms with Gasteiger partial charge in [-0.05, 0) is 49.3 Å². The summed E-state index contributed by atoms with van der Waals surface area (Å²) in [5, 5.41) is 20.3. The number of benzene rings is 1. The molecule has 4 rings (SSSR count). The van der Waals surface area contributed by atoms with Crippen LogP contribution in [0.25, 0.3) is 6.08 Å². The fraction of sp³-hybridized carbons (Fsp3) is 0.556. The highest BCUT2D eigenvalue weighted by atomic mass is 16.5. The Morgan fingerprint density at radius 1 is 1.12 bits per heavy atom. The number of allylic oxidation sites excluding steroid dienone is 1. The second-order valence-electron chi connectivity index (χ2n) is 9.46. The van der Waals surface area contributed by atoms with Crippen LogP contribution in [0.4, 0.5) is 0 Å². The molecule has 0 aromatic heterocycles. The van der Waals surface area contributed by atoms with Crippen molar-refractivity contribution in [2.75, 3.05) is 19.8 Å². The van der Waals surface area contributed by atoms with Gasteiger partial charge in [0.05, 0.1) is 31.2 Å². The zero-order valence-electron chi connectivity index (χ0n) is 19.6. The number of imide groups is 1. The number of nitrogens with zero attached hydrogens (tertiary/aromatic N) is 1. The molecule has 1 aromatic rings. The van der Waals surface area contributed by atoms with Crippen molar-refractivity contribution in [1.29, 1.82) is 0 Å². The highest BCUT2D eigenvalue weighted by Gasteiger charge is 2.56. The summed E-state index contributed by atoms with van der Waals surface area (Å²) in [6.45, 7) is 4.90. The molecule has 2 saturated heterocycles. The number of aromatic hydroxyl groups is 1. The van der Waals surface area contributed by atoms with E-state index in [1.165, 1.54) is 10.5 Å². The molecule has 0 bridgehead atoms. The van der Waals surface area contributed by atoms with Gasteiger partial charge < -0.3 is 14.9 Å². The molecule has 6 nitrogen and oxygen atoms in total. The summed E-state index contributed by atoms with van der Waals surface area (Å²) in [6, 6.07) is 7.33. The minimum absolute atomic E-state index is 0.0679. The van der Waals surface area contributed by atoms with E-state index in [1.54, 1.807) is 6.07 Å². The number of carbonyl (C=O) groups excluding carboxylic acids is 2. The fourth-order valence-electron chi connectivity index (χ4n) is 5.86. The molecule has 0 unspecified atom stereocenters. The minimum Gasteiger partial charge on any atom is -0.507 e. The predicted molar refractivity (Wildman–Crippen MR) is 126 cm³/mol. The Balaban J connectivity index is 1.54. The smallest absolute Gasteiger partial charge is 0.233 e. The van der Waals surface area contributed by atoms with Gasteiger partial charge in [0.1, 0.15) is 5.75 Å². The fourth-order valence-corrected chi connectivity index (χ4v) is 5.86. The van der Waals surface area contributed by atoms with Crippen LogP contribution in [-0.4, -0.2) is 52.8 Å². The highest BCUT2D eigenvalue weighted by molar-refractivity contribution is 6.05. The first kappa shape index (κ1) is 23.7. The Labute approximate surface area is 195 Å². The summed E-state index contributed by atoms with van der Waals surface area (Å²) < 4.78 is 6.19. The highest BCUT2D eigenvalue weighted by Crippen LogP contribution is 2.49. The lowest BCUT2D eigenvalue weighted by molar-refractivity contribution is -0.140. The molecule has 4 atom stereocenters. The number of carbonyl (C=O) groups is 2. The molecule has 2 N–H and O–H groups in total. The zero-order chi connectivity index (χ0) is 23.5. The van der Waals surface area contributed by atoms with Crippen molar-refractivity contribution >= 4 is 17.9 Å². The molecule has 1 aromatic carbocycles. The van der Waals surface area contributed by atoms with E-state index < -0.39 is 0 Å². The van der Waals surface area contributed by atoms with Crippen molar-refractivity contribution < 1.29 is 24.5 Å². The van der Waals surface area contributed by atoms with Crippen LogP contribution >= 0.6 is 0 Å². The number of fused-ring (bicyclic) bond motifs is 3. The third kappa shape index (κ3) is 4.51. The van der Waals surface area contributed by atoms with E-state index in [9.17, 15) is 19.8 Å². The number of para-hydroxylation sites is 1. The summed E-state index contributed by atoms with van der Waals surface area (Å²) in [7, 11) is 0. The maximum atomic E-state index is 13.1. The lowest BCUT2D eigenvalue weighted by Crippen LogP contribution is -2.35. The summed E-state index contributed by atoms with van der Waals surface area (Å²) in [5.74, 6) is -0.720.